The number of carbonyl (C=O) groups excluding carboxylic acids is 3. The summed E-state index contributed by atoms with van der Waals surface area (Å²) < 4.78 is 39.4. The molecule has 0 heterocycles. The number of carbonyl (C=O) groups is 3. The fourth-order valence-corrected chi connectivity index (χ4v) is 7.75. The molecule has 12 heteroatoms. The van der Waals surface area contributed by atoms with Crippen molar-refractivity contribution in [2.24, 2.45) is 0 Å². The van der Waals surface area contributed by atoms with Gasteiger partial charge in [0.25, 0.3) is 0 Å². The highest BCUT2D eigenvalue weighted by atomic mass is 31.2. The Morgan fingerprint density at radius 2 is 0.722 bits per heavy atom. The summed E-state index contributed by atoms with van der Waals surface area (Å²) in [5.41, 5.74) is 0. The first-order valence-corrected chi connectivity index (χ1v) is 29.3. The van der Waals surface area contributed by atoms with Crippen LogP contribution in [0, 0.1) is 0 Å². The largest absolute Gasteiger partial charge is 0.472 e. The average Bonchev–Trinajstić information content (AvgIpc) is 3.37. The van der Waals surface area contributed by atoms with Gasteiger partial charge in [-0.3, -0.25) is 23.4 Å². The van der Waals surface area contributed by atoms with Gasteiger partial charge in [0, 0.05) is 19.3 Å². The predicted octanol–water partition coefficient (Wildman–Crippen LogP) is 16.2. The van der Waals surface area contributed by atoms with Crippen LogP contribution in [-0.4, -0.2) is 66.5 Å². The van der Waals surface area contributed by atoms with E-state index in [2.05, 4.69) is 130 Å². The molecular formula is C60H99O11P. The Morgan fingerprint density at radius 3 is 1.15 bits per heavy atom. The molecule has 0 spiro atoms. The van der Waals surface area contributed by atoms with Gasteiger partial charge in [-0.2, -0.15) is 0 Å². The first-order valence-electron chi connectivity index (χ1n) is 27.8. The van der Waals surface area contributed by atoms with Crippen LogP contribution in [-0.2, 0) is 42.2 Å². The lowest BCUT2D eigenvalue weighted by atomic mass is 10.1. The summed E-state index contributed by atoms with van der Waals surface area (Å²) in [4.78, 5) is 48.4. The quantitative estimate of drug-likeness (QED) is 0.0197. The second-order valence-corrected chi connectivity index (χ2v) is 19.4. The maximum atomic E-state index is 12.9. The molecule has 0 saturated carbocycles. The van der Waals surface area contributed by atoms with Gasteiger partial charge >= 0.3 is 25.7 Å². The van der Waals surface area contributed by atoms with E-state index in [9.17, 15) is 28.9 Å². The van der Waals surface area contributed by atoms with Crippen molar-refractivity contribution in [1.29, 1.82) is 0 Å². The molecule has 0 amide bonds. The number of rotatable bonds is 50. The van der Waals surface area contributed by atoms with Crippen molar-refractivity contribution in [2.45, 2.75) is 226 Å². The van der Waals surface area contributed by atoms with Gasteiger partial charge in [-0.05, 0) is 116 Å². The van der Waals surface area contributed by atoms with E-state index in [0.29, 0.717) is 19.3 Å². The highest BCUT2D eigenvalue weighted by molar-refractivity contribution is 7.47. The summed E-state index contributed by atoms with van der Waals surface area (Å²) in [5.74, 6) is -1.55. The molecule has 72 heavy (non-hydrogen) atoms. The van der Waals surface area contributed by atoms with Gasteiger partial charge in [0.05, 0.1) is 19.8 Å². The molecule has 0 radical (unpaired) electrons. The van der Waals surface area contributed by atoms with Crippen molar-refractivity contribution in [3.63, 3.8) is 0 Å². The molecular weight excluding hydrogens is 928 g/mol. The van der Waals surface area contributed by atoms with Crippen molar-refractivity contribution in [2.75, 3.05) is 26.4 Å². The molecule has 0 aliphatic heterocycles. The smallest absolute Gasteiger partial charge is 0.462 e. The van der Waals surface area contributed by atoms with Crippen molar-refractivity contribution < 1.29 is 52.2 Å². The molecule has 3 unspecified atom stereocenters. The Balaban J connectivity index is 4.78. The first-order chi connectivity index (χ1) is 35.2. The van der Waals surface area contributed by atoms with Crippen LogP contribution in [0.5, 0.6) is 0 Å². The molecule has 0 saturated heterocycles. The number of phosphoric ester groups is 1. The molecule has 0 aromatic heterocycles. The third-order valence-electron chi connectivity index (χ3n) is 11.2. The number of hydrogen-bond donors (Lipinski definition) is 2. The van der Waals surface area contributed by atoms with Crippen LogP contribution in [0.15, 0.2) is 109 Å². The van der Waals surface area contributed by atoms with E-state index in [4.69, 9.17) is 23.3 Å². The van der Waals surface area contributed by atoms with E-state index in [-0.39, 0.29) is 25.9 Å². The molecule has 0 bridgehead atoms. The van der Waals surface area contributed by atoms with Crippen LogP contribution in [0.1, 0.15) is 213 Å². The Hall–Kier alpha value is -3.86. The van der Waals surface area contributed by atoms with Crippen molar-refractivity contribution in [1.82, 2.24) is 0 Å². The Kier molecular flexibility index (Phi) is 50.6. The summed E-state index contributed by atoms with van der Waals surface area (Å²) >= 11 is 0. The van der Waals surface area contributed by atoms with Crippen molar-refractivity contribution >= 4 is 25.7 Å². The minimum atomic E-state index is -4.77. The molecule has 3 atom stereocenters. The summed E-state index contributed by atoms with van der Waals surface area (Å²) in [7, 11) is -4.77. The van der Waals surface area contributed by atoms with Crippen LogP contribution in [0.4, 0.5) is 0 Å². The van der Waals surface area contributed by atoms with Crippen molar-refractivity contribution in [3.05, 3.63) is 109 Å². The minimum absolute atomic E-state index is 0.118. The topological polar surface area (TPSA) is 155 Å². The number of phosphoric acid groups is 1. The van der Waals surface area contributed by atoms with Crippen LogP contribution in [0.3, 0.4) is 0 Å². The zero-order valence-electron chi connectivity index (χ0n) is 45.1. The number of aliphatic hydroxyl groups excluding tert-OH is 1. The normalized spacial score (nSPS) is 14.2. The zero-order chi connectivity index (χ0) is 52.7. The highest BCUT2D eigenvalue weighted by Crippen LogP contribution is 2.43. The second kappa shape index (κ2) is 53.4. The number of aliphatic hydroxyl groups is 1. The number of hydrogen-bond acceptors (Lipinski definition) is 10. The summed E-state index contributed by atoms with van der Waals surface area (Å²) in [6, 6.07) is 0. The third-order valence-corrected chi connectivity index (χ3v) is 12.1. The lowest BCUT2D eigenvalue weighted by Crippen LogP contribution is -2.30. The van der Waals surface area contributed by atoms with Crippen LogP contribution >= 0.6 is 7.82 Å². The molecule has 0 aliphatic rings. The van der Waals surface area contributed by atoms with Crippen LogP contribution in [0.2, 0.25) is 0 Å². The Labute approximate surface area is 437 Å². The van der Waals surface area contributed by atoms with E-state index in [1.54, 1.807) is 0 Å². The van der Waals surface area contributed by atoms with E-state index >= 15 is 0 Å². The zero-order valence-corrected chi connectivity index (χ0v) is 46.0. The third kappa shape index (κ3) is 51.1. The van der Waals surface area contributed by atoms with Gasteiger partial charge in [-0.25, -0.2) is 4.57 Å². The molecule has 0 fully saturated rings. The number of unbranched alkanes of at least 4 members (excludes halogenated alkanes) is 15. The molecule has 0 aliphatic carbocycles. The average molecular weight is 1030 g/mol. The lowest BCUT2D eigenvalue weighted by Gasteiger charge is -2.21. The number of ether oxygens (including phenoxy) is 3. The summed E-state index contributed by atoms with van der Waals surface area (Å²) in [6.07, 6.45) is 63.4. The Bertz CT molecular complexity index is 1620. The SMILES string of the molecule is CC/C=C\C/C=C\C/C=C\C/C=C\CCCCCCCCC(=O)OC(COC(=O)CCCCCCC/C=C\CCCC)COP(=O)(O)OCC(CO)OC(=O)CCCC/C=C\C/C=C\C/C=C\C/C=C\CC. The Morgan fingerprint density at radius 1 is 0.403 bits per heavy atom. The second-order valence-electron chi connectivity index (χ2n) is 18.0. The predicted molar refractivity (Wildman–Crippen MR) is 297 cm³/mol. The molecule has 0 aromatic rings. The molecule has 0 rings (SSSR count). The van der Waals surface area contributed by atoms with Gasteiger partial charge in [0.2, 0.25) is 0 Å². The molecule has 2 N–H and O–H groups in total. The fourth-order valence-electron chi connectivity index (χ4n) is 6.96. The maximum absolute atomic E-state index is 12.9. The minimum Gasteiger partial charge on any atom is -0.462 e. The number of allylic oxidation sites excluding steroid dienone is 18. The van der Waals surface area contributed by atoms with Gasteiger partial charge in [-0.1, -0.05) is 188 Å². The van der Waals surface area contributed by atoms with Gasteiger partial charge in [0.15, 0.2) is 6.10 Å². The lowest BCUT2D eigenvalue weighted by molar-refractivity contribution is -0.161. The van der Waals surface area contributed by atoms with Crippen LogP contribution < -0.4 is 0 Å². The van der Waals surface area contributed by atoms with Gasteiger partial charge in [-0.15, -0.1) is 0 Å². The van der Waals surface area contributed by atoms with E-state index < -0.39 is 57.8 Å². The van der Waals surface area contributed by atoms with E-state index in [0.717, 1.165) is 141 Å². The van der Waals surface area contributed by atoms with Gasteiger partial charge in [0.1, 0.15) is 12.7 Å². The highest BCUT2D eigenvalue weighted by Gasteiger charge is 2.28. The van der Waals surface area contributed by atoms with Crippen molar-refractivity contribution in [3.8, 4) is 0 Å². The van der Waals surface area contributed by atoms with E-state index in [1.165, 1.54) is 12.8 Å². The summed E-state index contributed by atoms with van der Waals surface area (Å²) in [5, 5.41) is 9.79. The summed E-state index contributed by atoms with van der Waals surface area (Å²) in [6.45, 7) is 4.28. The van der Waals surface area contributed by atoms with Gasteiger partial charge < -0.3 is 24.2 Å². The van der Waals surface area contributed by atoms with E-state index in [1.807, 2.05) is 0 Å². The number of esters is 3. The molecule has 0 aromatic carbocycles. The fraction of sp³-hybridized carbons (Fsp3) is 0.650. The first kappa shape index (κ1) is 68.1. The molecule has 410 valence electrons. The monoisotopic (exact) mass is 1030 g/mol. The maximum Gasteiger partial charge on any atom is 0.472 e. The standard InChI is InChI=1S/C60H99O11P/c1-4-7-10-13-16-19-22-24-26-27-28-29-31-33-36-39-42-45-48-51-60(64)71-57(53-67-58(62)49-46-43-40-37-34-21-18-15-12-9-6-3)55-69-72(65,66)68-54-56(52-61)70-59(63)50-47-44-41-38-35-32-30-25-23-20-17-14-11-8-5-2/h7-8,10-11,15-20,24-26,28-30,35,38,56-57,61H,4-6,9,12-14,21-23,27,31-34,36-37,39-55H2,1-3H3,(H,65,66)/b10-7-,11-8-,18-15-,19-16-,20-17-,26-24-,29-28-,30-25-,38-35-. The van der Waals surface area contributed by atoms with Crippen LogP contribution in [0.25, 0.3) is 0 Å². The molecule has 11 nitrogen and oxygen atoms in total.